The van der Waals surface area contributed by atoms with Gasteiger partial charge in [-0.25, -0.2) is 13.1 Å². The zero-order valence-electron chi connectivity index (χ0n) is 9.93. The first kappa shape index (κ1) is 12.8. The third kappa shape index (κ3) is 2.79. The van der Waals surface area contributed by atoms with Crippen molar-refractivity contribution in [3.63, 3.8) is 0 Å². The first-order valence-electron chi connectivity index (χ1n) is 6.11. The lowest BCUT2D eigenvalue weighted by molar-refractivity contribution is 0.0847. The van der Waals surface area contributed by atoms with Crippen LogP contribution in [-0.2, 0) is 14.8 Å². The molecule has 0 bridgehead atoms. The maximum Gasteiger partial charge on any atom is 0.228 e. The van der Waals surface area contributed by atoms with Gasteiger partial charge in [-0.1, -0.05) is 6.92 Å². The summed E-state index contributed by atoms with van der Waals surface area (Å²) in [5.41, 5.74) is 0. The van der Waals surface area contributed by atoms with Gasteiger partial charge in [-0.05, 0) is 31.6 Å². The molecule has 0 aromatic heterocycles. The van der Waals surface area contributed by atoms with Gasteiger partial charge in [0.2, 0.25) is 10.0 Å². The summed E-state index contributed by atoms with van der Waals surface area (Å²) in [6.07, 6.45) is 3.29. The Morgan fingerprint density at radius 2 is 2.18 bits per heavy atom. The first-order valence-corrected chi connectivity index (χ1v) is 7.65. The van der Waals surface area contributed by atoms with Crippen molar-refractivity contribution in [2.45, 2.75) is 50.0 Å². The highest BCUT2D eigenvalue weighted by molar-refractivity contribution is 7.90. The van der Waals surface area contributed by atoms with Crippen LogP contribution >= 0.6 is 0 Å². The molecule has 2 fully saturated rings. The van der Waals surface area contributed by atoms with Crippen LogP contribution in [0.25, 0.3) is 0 Å². The van der Waals surface area contributed by atoms with Crippen molar-refractivity contribution < 1.29 is 13.2 Å². The van der Waals surface area contributed by atoms with Gasteiger partial charge in [-0.3, -0.25) is 0 Å². The molecular weight excluding hydrogens is 240 g/mol. The molecule has 1 aliphatic carbocycles. The number of rotatable bonds is 5. The Hall–Kier alpha value is -0.640. The van der Waals surface area contributed by atoms with Gasteiger partial charge in [-0.2, -0.15) is 5.26 Å². The molecule has 1 N–H and O–H groups in total. The fourth-order valence-corrected chi connectivity index (χ4v) is 3.72. The van der Waals surface area contributed by atoms with Gasteiger partial charge in [0.15, 0.2) is 5.25 Å². The molecule has 5 nitrogen and oxygen atoms in total. The molecule has 0 spiro atoms. The summed E-state index contributed by atoms with van der Waals surface area (Å²) < 4.78 is 32.1. The van der Waals surface area contributed by atoms with Gasteiger partial charge in [-0.15, -0.1) is 0 Å². The van der Waals surface area contributed by atoms with Crippen molar-refractivity contribution in [3.05, 3.63) is 0 Å². The van der Waals surface area contributed by atoms with E-state index in [4.69, 9.17) is 10.00 Å². The molecule has 0 amide bonds. The number of nitriles is 1. The smallest absolute Gasteiger partial charge is 0.228 e. The van der Waals surface area contributed by atoms with E-state index < -0.39 is 15.3 Å². The molecule has 1 saturated heterocycles. The molecule has 2 aliphatic rings. The van der Waals surface area contributed by atoms with Crippen molar-refractivity contribution in [2.75, 3.05) is 6.61 Å². The summed E-state index contributed by atoms with van der Waals surface area (Å²) in [4.78, 5) is 0. The van der Waals surface area contributed by atoms with Crippen LogP contribution < -0.4 is 4.72 Å². The van der Waals surface area contributed by atoms with Crippen molar-refractivity contribution >= 4 is 10.0 Å². The van der Waals surface area contributed by atoms with Crippen LogP contribution in [0.2, 0.25) is 0 Å². The third-order valence-corrected chi connectivity index (χ3v) is 5.25. The maximum absolute atomic E-state index is 11.9. The SMILES string of the molecule is CCC(C#N)S(=O)(=O)NC1CCOC1C1CC1. The van der Waals surface area contributed by atoms with E-state index in [0.29, 0.717) is 25.4 Å². The van der Waals surface area contributed by atoms with Crippen LogP contribution in [0.5, 0.6) is 0 Å². The maximum atomic E-state index is 11.9. The van der Waals surface area contributed by atoms with Crippen LogP contribution in [-0.4, -0.2) is 32.4 Å². The van der Waals surface area contributed by atoms with Gasteiger partial charge < -0.3 is 4.74 Å². The molecule has 0 aromatic rings. The molecule has 0 radical (unpaired) electrons. The average Bonchev–Trinajstić information content (AvgIpc) is 3.01. The summed E-state index contributed by atoms with van der Waals surface area (Å²) in [6, 6.07) is 1.69. The summed E-state index contributed by atoms with van der Waals surface area (Å²) in [7, 11) is -3.54. The van der Waals surface area contributed by atoms with E-state index in [2.05, 4.69) is 4.72 Å². The normalized spacial score (nSPS) is 31.1. The van der Waals surface area contributed by atoms with E-state index in [1.54, 1.807) is 6.92 Å². The number of hydrogen-bond acceptors (Lipinski definition) is 4. The number of nitrogens with one attached hydrogen (secondary N) is 1. The highest BCUT2D eigenvalue weighted by atomic mass is 32.2. The van der Waals surface area contributed by atoms with Gasteiger partial charge in [0.05, 0.1) is 18.2 Å². The molecule has 1 saturated carbocycles. The molecule has 17 heavy (non-hydrogen) atoms. The summed E-state index contributed by atoms with van der Waals surface area (Å²) in [5, 5.41) is 7.87. The molecule has 3 atom stereocenters. The lowest BCUT2D eigenvalue weighted by Gasteiger charge is -2.20. The van der Waals surface area contributed by atoms with E-state index in [9.17, 15) is 8.42 Å². The van der Waals surface area contributed by atoms with Crippen molar-refractivity contribution in [1.82, 2.24) is 4.72 Å². The quantitative estimate of drug-likeness (QED) is 0.790. The molecule has 1 aliphatic heterocycles. The second-order valence-corrected chi connectivity index (χ2v) is 6.65. The largest absolute Gasteiger partial charge is 0.376 e. The standard InChI is InChI=1S/C11H18N2O3S/c1-2-9(7-12)17(14,15)13-10-5-6-16-11(10)8-3-4-8/h8-11,13H,2-6H2,1H3. The van der Waals surface area contributed by atoms with E-state index >= 15 is 0 Å². The van der Waals surface area contributed by atoms with Crippen molar-refractivity contribution in [1.29, 1.82) is 5.26 Å². The minimum Gasteiger partial charge on any atom is -0.376 e. The fraction of sp³-hybridized carbons (Fsp3) is 0.909. The van der Waals surface area contributed by atoms with E-state index in [-0.39, 0.29) is 12.1 Å². The third-order valence-electron chi connectivity index (χ3n) is 3.43. The average molecular weight is 258 g/mol. The molecule has 3 unspecified atom stereocenters. The molecular formula is C11H18N2O3S. The van der Waals surface area contributed by atoms with Crippen molar-refractivity contribution in [2.24, 2.45) is 5.92 Å². The van der Waals surface area contributed by atoms with Gasteiger partial charge in [0.25, 0.3) is 0 Å². The predicted octanol–water partition coefficient (Wildman–Crippen LogP) is 0.775. The molecule has 96 valence electrons. The van der Waals surface area contributed by atoms with E-state index in [1.807, 2.05) is 6.07 Å². The monoisotopic (exact) mass is 258 g/mol. The number of sulfonamides is 1. The summed E-state index contributed by atoms with van der Waals surface area (Å²) in [5.74, 6) is 0.507. The van der Waals surface area contributed by atoms with Crippen LogP contribution in [0, 0.1) is 17.2 Å². The van der Waals surface area contributed by atoms with Crippen LogP contribution in [0.15, 0.2) is 0 Å². The Labute approximate surface area is 102 Å². The zero-order valence-corrected chi connectivity index (χ0v) is 10.7. The Morgan fingerprint density at radius 1 is 1.47 bits per heavy atom. The van der Waals surface area contributed by atoms with Gasteiger partial charge in [0.1, 0.15) is 0 Å². The lowest BCUT2D eigenvalue weighted by Crippen LogP contribution is -2.45. The summed E-state index contributed by atoms with van der Waals surface area (Å²) >= 11 is 0. The number of ether oxygens (including phenoxy) is 1. The highest BCUT2D eigenvalue weighted by Crippen LogP contribution is 2.39. The molecule has 6 heteroatoms. The highest BCUT2D eigenvalue weighted by Gasteiger charge is 2.42. The van der Waals surface area contributed by atoms with Gasteiger partial charge >= 0.3 is 0 Å². The fourth-order valence-electron chi connectivity index (χ4n) is 2.30. The van der Waals surface area contributed by atoms with E-state index in [0.717, 1.165) is 12.8 Å². The lowest BCUT2D eigenvalue weighted by atomic mass is 10.1. The van der Waals surface area contributed by atoms with Crippen LogP contribution in [0.1, 0.15) is 32.6 Å². The van der Waals surface area contributed by atoms with Gasteiger partial charge in [0, 0.05) is 6.61 Å². The van der Waals surface area contributed by atoms with E-state index in [1.165, 1.54) is 0 Å². The second-order valence-electron chi connectivity index (χ2n) is 4.76. The number of hydrogen-bond donors (Lipinski definition) is 1. The van der Waals surface area contributed by atoms with Crippen molar-refractivity contribution in [3.8, 4) is 6.07 Å². The Kier molecular flexibility index (Phi) is 3.71. The minimum atomic E-state index is -3.54. The summed E-state index contributed by atoms with van der Waals surface area (Å²) in [6.45, 7) is 2.31. The molecule has 1 heterocycles. The minimum absolute atomic E-state index is 0.0148. The Morgan fingerprint density at radius 3 is 2.71 bits per heavy atom. The Balaban J connectivity index is 2.02. The topological polar surface area (TPSA) is 79.2 Å². The van der Waals surface area contributed by atoms with Crippen LogP contribution in [0.4, 0.5) is 0 Å². The molecule has 2 rings (SSSR count). The zero-order chi connectivity index (χ0) is 12.5. The second kappa shape index (κ2) is 4.92. The first-order chi connectivity index (χ1) is 8.08. The Bertz CT molecular complexity index is 411. The molecule has 0 aromatic carbocycles. The van der Waals surface area contributed by atoms with Crippen LogP contribution in [0.3, 0.4) is 0 Å². The predicted molar refractivity (Wildman–Crippen MR) is 62.6 cm³/mol. The number of nitrogens with zero attached hydrogens (tertiary/aromatic N) is 1.